The van der Waals surface area contributed by atoms with Gasteiger partial charge in [0.15, 0.2) is 0 Å². The average molecular weight is 275 g/mol. The lowest BCUT2D eigenvalue weighted by Gasteiger charge is -2.44. The third kappa shape index (κ3) is 4.13. The van der Waals surface area contributed by atoms with Gasteiger partial charge in [-0.15, -0.1) is 0 Å². The summed E-state index contributed by atoms with van der Waals surface area (Å²) >= 11 is 0. The van der Waals surface area contributed by atoms with Crippen LogP contribution in [0.5, 0.6) is 0 Å². The first-order valence-corrected chi connectivity index (χ1v) is 7.47. The summed E-state index contributed by atoms with van der Waals surface area (Å²) in [6.07, 6.45) is 1.85. The first-order valence-electron chi connectivity index (χ1n) is 7.47. The molecule has 2 unspecified atom stereocenters. The Bertz CT molecular complexity index is 250. The van der Waals surface area contributed by atoms with Crippen LogP contribution in [0.3, 0.4) is 0 Å². The quantitative estimate of drug-likeness (QED) is 0.451. The van der Waals surface area contributed by atoms with E-state index in [1.165, 1.54) is 0 Å². The summed E-state index contributed by atoms with van der Waals surface area (Å²) in [5.74, 6) is 0.260. The molecule has 1 heterocycles. The zero-order valence-electron chi connectivity index (χ0n) is 12.0. The van der Waals surface area contributed by atoms with E-state index in [2.05, 4.69) is 19.2 Å². The Morgan fingerprint density at radius 3 is 2.16 bits per heavy atom. The maximum absolute atomic E-state index is 10.2. The van der Waals surface area contributed by atoms with Crippen molar-refractivity contribution in [2.75, 3.05) is 6.61 Å². The van der Waals surface area contributed by atoms with Crippen LogP contribution in [0.4, 0.5) is 0 Å². The Morgan fingerprint density at radius 2 is 1.63 bits per heavy atom. The van der Waals surface area contributed by atoms with Gasteiger partial charge in [0.25, 0.3) is 0 Å². The molecule has 0 aromatic carbocycles. The van der Waals surface area contributed by atoms with Crippen molar-refractivity contribution in [2.24, 2.45) is 5.92 Å². The molecule has 6 atom stereocenters. The number of piperidine rings is 1. The highest BCUT2D eigenvalue weighted by atomic mass is 16.4. The summed E-state index contributed by atoms with van der Waals surface area (Å²) < 4.78 is 0. The van der Waals surface area contributed by atoms with Crippen LogP contribution < -0.4 is 5.32 Å². The van der Waals surface area contributed by atoms with E-state index in [1.54, 1.807) is 0 Å². The van der Waals surface area contributed by atoms with Gasteiger partial charge in [-0.05, 0) is 18.8 Å². The minimum atomic E-state index is -1.19. The van der Waals surface area contributed by atoms with Gasteiger partial charge in [-0.1, -0.05) is 33.1 Å². The zero-order chi connectivity index (χ0) is 14.4. The fourth-order valence-electron chi connectivity index (χ4n) is 3.01. The van der Waals surface area contributed by atoms with Crippen molar-refractivity contribution in [1.82, 2.24) is 5.32 Å². The molecule has 114 valence electrons. The van der Waals surface area contributed by atoms with Crippen molar-refractivity contribution in [1.29, 1.82) is 0 Å². The Balaban J connectivity index is 2.75. The maximum Gasteiger partial charge on any atom is 0.109 e. The van der Waals surface area contributed by atoms with Crippen molar-refractivity contribution in [3.05, 3.63) is 0 Å². The number of aliphatic hydroxyl groups excluding tert-OH is 4. The molecule has 0 radical (unpaired) electrons. The molecule has 5 nitrogen and oxygen atoms in total. The first kappa shape index (κ1) is 16.9. The van der Waals surface area contributed by atoms with Crippen molar-refractivity contribution >= 4 is 0 Å². The van der Waals surface area contributed by atoms with Crippen LogP contribution in [0.15, 0.2) is 0 Å². The van der Waals surface area contributed by atoms with E-state index in [1.807, 2.05) is 0 Å². The smallest absolute Gasteiger partial charge is 0.109 e. The predicted molar refractivity (Wildman–Crippen MR) is 73.7 cm³/mol. The van der Waals surface area contributed by atoms with Crippen LogP contribution in [0.25, 0.3) is 0 Å². The van der Waals surface area contributed by atoms with E-state index in [0.29, 0.717) is 0 Å². The minimum Gasteiger partial charge on any atom is -0.395 e. The molecule has 0 bridgehead atoms. The third-order valence-corrected chi connectivity index (χ3v) is 4.18. The molecule has 1 aliphatic rings. The number of hydrogen-bond acceptors (Lipinski definition) is 5. The Hall–Kier alpha value is -0.200. The molecule has 0 amide bonds. The lowest BCUT2D eigenvalue weighted by atomic mass is 9.80. The standard InChI is InChI=1S/C14H29NO4/c1-3-5-7-9(6-4-2)11-13(18)14(19)12(17)10(8-16)15-11/h9-19H,3-8H2,1-2H3/t9?,10-,11?,12-,13+,14+/m1/s1. The third-order valence-electron chi connectivity index (χ3n) is 4.18. The molecule has 19 heavy (non-hydrogen) atoms. The van der Waals surface area contributed by atoms with Gasteiger partial charge in [-0.25, -0.2) is 0 Å². The molecule has 5 heteroatoms. The van der Waals surface area contributed by atoms with Crippen molar-refractivity contribution in [2.45, 2.75) is 76.3 Å². The predicted octanol–water partition coefficient (Wildman–Crippen LogP) is 0.00830. The summed E-state index contributed by atoms with van der Waals surface area (Å²) in [5.41, 5.74) is 0. The summed E-state index contributed by atoms with van der Waals surface area (Å²) in [7, 11) is 0. The molecule has 0 spiro atoms. The highest BCUT2D eigenvalue weighted by molar-refractivity contribution is 5.00. The molecular weight excluding hydrogens is 246 g/mol. The van der Waals surface area contributed by atoms with E-state index in [0.717, 1.165) is 32.1 Å². The van der Waals surface area contributed by atoms with Gasteiger partial charge in [-0.2, -0.15) is 0 Å². The zero-order valence-corrected chi connectivity index (χ0v) is 12.0. The number of rotatable bonds is 7. The fraction of sp³-hybridized carbons (Fsp3) is 1.00. The van der Waals surface area contributed by atoms with Gasteiger partial charge in [0.2, 0.25) is 0 Å². The molecule has 1 fully saturated rings. The Kier molecular flexibility index (Phi) is 7.25. The SMILES string of the molecule is CCCCC(CCC)C1N[C@H](CO)[C@@H](O)[C@H](O)[C@H]1O. The molecule has 0 aromatic heterocycles. The van der Waals surface area contributed by atoms with E-state index in [4.69, 9.17) is 0 Å². The van der Waals surface area contributed by atoms with Crippen LogP contribution in [0, 0.1) is 5.92 Å². The van der Waals surface area contributed by atoms with Gasteiger partial charge in [0.1, 0.15) is 6.10 Å². The lowest BCUT2D eigenvalue weighted by Crippen LogP contribution is -2.67. The van der Waals surface area contributed by atoms with E-state index in [9.17, 15) is 20.4 Å². The van der Waals surface area contributed by atoms with E-state index >= 15 is 0 Å². The number of nitrogens with one attached hydrogen (secondary N) is 1. The normalized spacial score (nSPS) is 37.3. The van der Waals surface area contributed by atoms with E-state index < -0.39 is 24.4 Å². The van der Waals surface area contributed by atoms with Crippen LogP contribution in [-0.2, 0) is 0 Å². The van der Waals surface area contributed by atoms with Crippen molar-refractivity contribution in [3.8, 4) is 0 Å². The molecule has 0 aliphatic carbocycles. The Morgan fingerprint density at radius 1 is 0.947 bits per heavy atom. The highest BCUT2D eigenvalue weighted by Gasteiger charge is 2.44. The van der Waals surface area contributed by atoms with Crippen LogP contribution >= 0.6 is 0 Å². The monoisotopic (exact) mass is 275 g/mol. The maximum atomic E-state index is 10.2. The molecule has 1 saturated heterocycles. The van der Waals surface area contributed by atoms with Crippen LogP contribution in [0.1, 0.15) is 46.0 Å². The van der Waals surface area contributed by atoms with Crippen molar-refractivity contribution < 1.29 is 20.4 Å². The molecule has 1 rings (SSSR count). The van der Waals surface area contributed by atoms with Crippen molar-refractivity contribution in [3.63, 3.8) is 0 Å². The highest BCUT2D eigenvalue weighted by Crippen LogP contribution is 2.27. The minimum absolute atomic E-state index is 0.242. The average Bonchev–Trinajstić information content (AvgIpc) is 2.42. The number of unbranched alkanes of at least 4 members (excludes halogenated alkanes) is 1. The molecule has 0 saturated carbocycles. The lowest BCUT2D eigenvalue weighted by molar-refractivity contribution is -0.128. The summed E-state index contributed by atoms with van der Waals surface area (Å²) in [5, 5.41) is 42.2. The summed E-state index contributed by atoms with van der Waals surface area (Å²) in [6.45, 7) is 3.99. The molecule has 5 N–H and O–H groups in total. The van der Waals surface area contributed by atoms with Crippen LogP contribution in [0.2, 0.25) is 0 Å². The summed E-state index contributed by atoms with van der Waals surface area (Å²) in [4.78, 5) is 0. The van der Waals surface area contributed by atoms with Crippen LogP contribution in [-0.4, -0.2) is 57.4 Å². The van der Waals surface area contributed by atoms with Gasteiger partial charge in [0, 0.05) is 6.04 Å². The largest absolute Gasteiger partial charge is 0.395 e. The second-order valence-corrected chi connectivity index (χ2v) is 5.64. The second kappa shape index (κ2) is 8.17. The number of hydrogen-bond donors (Lipinski definition) is 5. The summed E-state index contributed by atoms with van der Waals surface area (Å²) in [6, 6.07) is -0.827. The first-order chi connectivity index (χ1) is 9.06. The Labute approximate surface area is 115 Å². The topological polar surface area (TPSA) is 93.0 Å². The van der Waals surface area contributed by atoms with E-state index in [-0.39, 0.29) is 18.6 Å². The van der Waals surface area contributed by atoms with Gasteiger partial charge in [-0.3, -0.25) is 0 Å². The van der Waals surface area contributed by atoms with Gasteiger partial charge in [0.05, 0.1) is 24.9 Å². The number of aliphatic hydroxyl groups is 4. The second-order valence-electron chi connectivity index (χ2n) is 5.64. The van der Waals surface area contributed by atoms with Gasteiger partial charge < -0.3 is 25.7 Å². The molecule has 0 aromatic rings. The molecular formula is C14H29NO4. The van der Waals surface area contributed by atoms with Gasteiger partial charge >= 0.3 is 0 Å². The fourth-order valence-corrected chi connectivity index (χ4v) is 3.01. The molecule has 1 aliphatic heterocycles.